The van der Waals surface area contributed by atoms with Gasteiger partial charge in [0.1, 0.15) is 11.4 Å². The fraction of sp³-hybridized carbons (Fsp3) is 0.286. The van der Waals surface area contributed by atoms with Crippen LogP contribution in [-0.2, 0) is 0 Å². The molecular formula is C14H17N5O4. The summed E-state index contributed by atoms with van der Waals surface area (Å²) in [5, 5.41) is 11.5. The molecule has 0 aliphatic rings. The lowest BCUT2D eigenvalue weighted by molar-refractivity contribution is 0.349. The van der Waals surface area contributed by atoms with Gasteiger partial charge in [-0.3, -0.25) is 9.78 Å². The van der Waals surface area contributed by atoms with E-state index >= 15 is 0 Å². The topological polar surface area (TPSA) is 111 Å². The number of anilines is 1. The maximum absolute atomic E-state index is 11.4. The summed E-state index contributed by atoms with van der Waals surface area (Å²) in [6, 6.07) is 3.40. The summed E-state index contributed by atoms with van der Waals surface area (Å²) in [4.78, 5) is 13.9. The van der Waals surface area contributed by atoms with Crippen LogP contribution in [0.5, 0.6) is 17.2 Å². The Balaban J connectivity index is 2.24. The van der Waals surface area contributed by atoms with E-state index in [1.807, 2.05) is 0 Å². The van der Waals surface area contributed by atoms with Gasteiger partial charge in [-0.1, -0.05) is 0 Å². The van der Waals surface area contributed by atoms with E-state index < -0.39 is 0 Å². The Labute approximate surface area is 132 Å². The fourth-order valence-electron chi connectivity index (χ4n) is 1.76. The smallest absolute Gasteiger partial charge is 0.274 e. The summed E-state index contributed by atoms with van der Waals surface area (Å²) in [6.45, 7) is 1.56. The third-order valence-electron chi connectivity index (χ3n) is 2.97. The van der Waals surface area contributed by atoms with Crippen molar-refractivity contribution in [2.75, 3.05) is 26.8 Å². The van der Waals surface area contributed by atoms with Crippen molar-refractivity contribution in [3.63, 3.8) is 0 Å². The van der Waals surface area contributed by atoms with Crippen LogP contribution in [-0.4, -0.2) is 42.7 Å². The first-order chi connectivity index (χ1) is 11.1. The quantitative estimate of drug-likeness (QED) is 0.602. The Morgan fingerprint density at radius 1 is 1.09 bits per heavy atom. The van der Waals surface area contributed by atoms with Gasteiger partial charge in [0.2, 0.25) is 5.95 Å². The van der Waals surface area contributed by atoms with Crippen molar-refractivity contribution in [3.8, 4) is 17.2 Å². The maximum atomic E-state index is 11.4. The summed E-state index contributed by atoms with van der Waals surface area (Å²) in [6.07, 6.45) is 1.50. The molecule has 0 fully saturated rings. The third-order valence-corrected chi connectivity index (χ3v) is 2.97. The number of aromatic amines is 1. The first-order valence-electron chi connectivity index (χ1n) is 6.61. The summed E-state index contributed by atoms with van der Waals surface area (Å²) in [5.74, 6) is 1.77. The number of nitrogens with zero attached hydrogens (tertiary/aromatic N) is 3. The number of aromatic nitrogens is 3. The number of H-pyrrole nitrogens is 1. The minimum absolute atomic E-state index is 0.135. The summed E-state index contributed by atoms with van der Waals surface area (Å²) in [5.41, 5.74) is 3.19. The van der Waals surface area contributed by atoms with E-state index in [0.29, 0.717) is 22.8 Å². The highest BCUT2D eigenvalue weighted by atomic mass is 16.5. The summed E-state index contributed by atoms with van der Waals surface area (Å²) < 4.78 is 15.7. The van der Waals surface area contributed by atoms with E-state index in [2.05, 4.69) is 25.7 Å². The lowest BCUT2D eigenvalue weighted by Gasteiger charge is -2.11. The zero-order valence-electron chi connectivity index (χ0n) is 13.2. The summed E-state index contributed by atoms with van der Waals surface area (Å²) >= 11 is 0. The number of hydrogen-bond acceptors (Lipinski definition) is 8. The molecule has 2 N–H and O–H groups in total. The Hall–Kier alpha value is -3.10. The highest BCUT2D eigenvalue weighted by molar-refractivity contribution is 5.85. The van der Waals surface area contributed by atoms with Gasteiger partial charge >= 0.3 is 0 Å². The first kappa shape index (κ1) is 16.3. The SMILES string of the molecule is COc1cc(OC)c(OC)cc1/C=N/Nc1nnc(C)c(=O)[nH]1. The lowest BCUT2D eigenvalue weighted by Crippen LogP contribution is -2.15. The largest absolute Gasteiger partial charge is 0.496 e. The number of hydrazone groups is 1. The monoisotopic (exact) mass is 319 g/mol. The molecule has 0 bridgehead atoms. The van der Waals surface area contributed by atoms with Gasteiger partial charge in [-0.2, -0.15) is 5.10 Å². The average molecular weight is 319 g/mol. The number of benzene rings is 1. The number of nitrogens with one attached hydrogen (secondary N) is 2. The normalized spacial score (nSPS) is 10.6. The van der Waals surface area contributed by atoms with E-state index in [0.717, 1.165) is 0 Å². The zero-order chi connectivity index (χ0) is 16.8. The van der Waals surface area contributed by atoms with Gasteiger partial charge in [0.05, 0.1) is 27.5 Å². The average Bonchev–Trinajstić information content (AvgIpc) is 2.57. The van der Waals surface area contributed by atoms with Crippen LogP contribution in [0.25, 0.3) is 0 Å². The molecule has 2 aromatic rings. The summed E-state index contributed by atoms with van der Waals surface area (Å²) in [7, 11) is 4.62. The molecule has 0 unspecified atom stereocenters. The van der Waals surface area contributed by atoms with Gasteiger partial charge in [0.15, 0.2) is 11.5 Å². The molecular weight excluding hydrogens is 302 g/mol. The molecule has 23 heavy (non-hydrogen) atoms. The van der Waals surface area contributed by atoms with Crippen molar-refractivity contribution in [3.05, 3.63) is 33.7 Å². The van der Waals surface area contributed by atoms with Crippen LogP contribution in [0.3, 0.4) is 0 Å². The van der Waals surface area contributed by atoms with Gasteiger partial charge in [0.25, 0.3) is 5.56 Å². The minimum Gasteiger partial charge on any atom is -0.496 e. The highest BCUT2D eigenvalue weighted by Gasteiger charge is 2.10. The highest BCUT2D eigenvalue weighted by Crippen LogP contribution is 2.33. The molecule has 1 aromatic heterocycles. The molecule has 122 valence electrons. The zero-order valence-corrected chi connectivity index (χ0v) is 13.2. The molecule has 2 rings (SSSR count). The maximum Gasteiger partial charge on any atom is 0.274 e. The Morgan fingerprint density at radius 2 is 1.74 bits per heavy atom. The molecule has 9 nitrogen and oxygen atoms in total. The minimum atomic E-state index is -0.332. The van der Waals surface area contributed by atoms with Crippen LogP contribution in [0.2, 0.25) is 0 Å². The molecule has 0 atom stereocenters. The van der Waals surface area contributed by atoms with Crippen molar-refractivity contribution < 1.29 is 14.2 Å². The van der Waals surface area contributed by atoms with Crippen LogP contribution in [0.4, 0.5) is 5.95 Å². The fourth-order valence-corrected chi connectivity index (χ4v) is 1.76. The molecule has 9 heteroatoms. The molecule has 0 aliphatic carbocycles. The van der Waals surface area contributed by atoms with Crippen molar-refractivity contribution >= 4 is 12.2 Å². The van der Waals surface area contributed by atoms with E-state index in [9.17, 15) is 4.79 Å². The molecule has 0 amide bonds. The van der Waals surface area contributed by atoms with Crippen LogP contribution in [0, 0.1) is 6.92 Å². The molecule has 1 aromatic carbocycles. The molecule has 0 aliphatic heterocycles. The van der Waals surface area contributed by atoms with E-state index in [4.69, 9.17) is 14.2 Å². The molecule has 1 heterocycles. The van der Waals surface area contributed by atoms with Crippen LogP contribution in [0.15, 0.2) is 22.0 Å². The standard InChI is InChI=1S/C14H17N5O4/c1-8-13(20)16-14(19-17-8)18-15-7-9-5-11(22-3)12(23-4)6-10(9)21-2/h5-7H,1-4H3,(H2,16,18,19,20)/b15-7+. The second-order valence-corrected chi connectivity index (χ2v) is 4.41. The van der Waals surface area contributed by atoms with Gasteiger partial charge in [-0.15, -0.1) is 10.2 Å². The predicted octanol–water partition coefficient (Wildman–Crippen LogP) is 0.945. The first-order valence-corrected chi connectivity index (χ1v) is 6.61. The molecule has 0 saturated carbocycles. The van der Waals surface area contributed by atoms with Crippen molar-refractivity contribution in [2.24, 2.45) is 5.10 Å². The second kappa shape index (κ2) is 7.25. The van der Waals surface area contributed by atoms with Gasteiger partial charge in [-0.25, -0.2) is 5.43 Å². The van der Waals surface area contributed by atoms with E-state index in [1.165, 1.54) is 20.4 Å². The molecule has 0 saturated heterocycles. The number of ether oxygens (including phenoxy) is 3. The predicted molar refractivity (Wildman–Crippen MR) is 84.7 cm³/mol. The number of hydrogen-bond donors (Lipinski definition) is 2. The number of rotatable bonds is 6. The molecule has 0 radical (unpaired) electrons. The lowest BCUT2D eigenvalue weighted by atomic mass is 10.2. The Bertz CT molecular complexity index is 772. The van der Waals surface area contributed by atoms with Crippen LogP contribution in [0.1, 0.15) is 11.3 Å². The third kappa shape index (κ3) is 3.76. The Morgan fingerprint density at radius 3 is 2.35 bits per heavy atom. The van der Waals surface area contributed by atoms with Crippen molar-refractivity contribution in [2.45, 2.75) is 6.92 Å². The number of aryl methyl sites for hydroxylation is 1. The van der Waals surface area contributed by atoms with Crippen LogP contribution < -0.4 is 25.2 Å². The van der Waals surface area contributed by atoms with Gasteiger partial charge in [0, 0.05) is 11.6 Å². The second-order valence-electron chi connectivity index (χ2n) is 4.41. The van der Waals surface area contributed by atoms with E-state index in [1.54, 1.807) is 26.2 Å². The Kier molecular flexibility index (Phi) is 5.13. The number of methoxy groups -OCH3 is 3. The van der Waals surface area contributed by atoms with Crippen LogP contribution >= 0.6 is 0 Å². The van der Waals surface area contributed by atoms with E-state index in [-0.39, 0.29) is 17.2 Å². The van der Waals surface area contributed by atoms with Crippen molar-refractivity contribution in [1.82, 2.24) is 15.2 Å². The van der Waals surface area contributed by atoms with Gasteiger partial charge < -0.3 is 14.2 Å². The molecule has 0 spiro atoms. The van der Waals surface area contributed by atoms with Crippen molar-refractivity contribution in [1.29, 1.82) is 0 Å². The van der Waals surface area contributed by atoms with Gasteiger partial charge in [-0.05, 0) is 13.0 Å².